The van der Waals surface area contributed by atoms with Gasteiger partial charge in [-0.15, -0.1) is 29.3 Å². The van der Waals surface area contributed by atoms with Gasteiger partial charge in [-0.25, -0.2) is 4.98 Å². The number of allylic oxidation sites excluding steroid dienone is 1. The van der Waals surface area contributed by atoms with Crippen LogP contribution in [0.3, 0.4) is 0 Å². The number of nitrogens with zero attached hydrogens (tertiary/aromatic N) is 3. The Hall–Kier alpha value is -5.83. The van der Waals surface area contributed by atoms with E-state index < -0.39 is 0 Å². The van der Waals surface area contributed by atoms with E-state index >= 15 is 0 Å². The molecule has 10 rings (SSSR count). The number of fused-ring (bicyclic) bond motifs is 6. The zero-order chi connectivity index (χ0) is 46.9. The van der Waals surface area contributed by atoms with Gasteiger partial charge in [0.15, 0.2) is 0 Å². The molecule has 2 aliphatic rings. The first-order valence-corrected chi connectivity index (χ1v) is 23.6. The summed E-state index contributed by atoms with van der Waals surface area (Å²) in [7, 11) is 0. The van der Waals surface area contributed by atoms with E-state index in [1.165, 1.54) is 27.8 Å². The maximum absolute atomic E-state index is 12.7. The normalized spacial score (nSPS) is 15.1. The molecule has 8 aromatic rings. The predicted octanol–water partition coefficient (Wildman–Crippen LogP) is 15.9. The van der Waals surface area contributed by atoms with E-state index in [0.717, 1.165) is 83.9 Å². The SMILES string of the molecule is CC(C)(C)c1ccc(-n2c(-c3cc(C(C)(C)C)cc(C(C)(C)C)c3O)nc3c4c(ccc32)C(C)(C)C2=C4c3[c-]c(-c4cc(-c5ccccc5)ccn4)ccc3C2(C)C)c(-c2ccccc2)c1.[Pt]. The van der Waals surface area contributed by atoms with Gasteiger partial charge in [-0.1, -0.05) is 192 Å². The molecule has 0 saturated carbocycles. The summed E-state index contributed by atoms with van der Waals surface area (Å²) in [6.07, 6.45) is 1.91. The van der Waals surface area contributed by atoms with Crippen LogP contribution in [-0.2, 0) is 48.1 Å². The van der Waals surface area contributed by atoms with E-state index in [9.17, 15) is 5.11 Å². The molecule has 0 bridgehead atoms. The van der Waals surface area contributed by atoms with Crippen molar-refractivity contribution in [1.82, 2.24) is 14.5 Å². The van der Waals surface area contributed by atoms with Crippen molar-refractivity contribution in [2.75, 3.05) is 0 Å². The molecule has 6 aromatic carbocycles. The Bertz CT molecular complexity index is 3290. The Balaban J connectivity index is 0.00000562. The first-order valence-electron chi connectivity index (χ1n) is 23.6. The van der Waals surface area contributed by atoms with Crippen molar-refractivity contribution in [3.8, 4) is 56.3 Å². The maximum atomic E-state index is 12.7. The summed E-state index contributed by atoms with van der Waals surface area (Å²) in [5.41, 5.74) is 19.6. The number of pyridine rings is 1. The number of hydrogen-bond donors (Lipinski definition) is 1. The van der Waals surface area contributed by atoms with Gasteiger partial charge in [0, 0.05) is 49.5 Å². The predicted molar refractivity (Wildman–Crippen MR) is 276 cm³/mol. The van der Waals surface area contributed by atoms with E-state index in [1.54, 1.807) is 0 Å². The van der Waals surface area contributed by atoms with Gasteiger partial charge in [0.25, 0.3) is 0 Å². The summed E-state index contributed by atoms with van der Waals surface area (Å²) < 4.78 is 2.34. The fraction of sp³-hybridized carbons (Fsp3) is 0.290. The smallest absolute Gasteiger partial charge is 0.149 e. The fourth-order valence-electron chi connectivity index (χ4n) is 11.0. The van der Waals surface area contributed by atoms with Crippen LogP contribution in [0.15, 0.2) is 139 Å². The molecule has 0 aliphatic heterocycles. The number of aromatic nitrogens is 3. The molecule has 0 amide bonds. The molecule has 342 valence electrons. The van der Waals surface area contributed by atoms with Crippen molar-refractivity contribution in [2.24, 2.45) is 0 Å². The average molecular weight is 1060 g/mol. The second-order valence-corrected chi connectivity index (χ2v) is 22.9. The molecular formula is C62H62N3OPt-. The van der Waals surface area contributed by atoms with Crippen molar-refractivity contribution >= 4 is 16.6 Å². The average Bonchev–Trinajstić information content (AvgIpc) is 3.86. The van der Waals surface area contributed by atoms with Gasteiger partial charge in [0.05, 0.1) is 22.3 Å². The Morgan fingerprint density at radius 3 is 1.84 bits per heavy atom. The minimum atomic E-state index is -0.326. The standard InChI is InChI=1S/C62H62N3O.Pt/c1-58(2,3)41-25-28-50(43(34-41)38-22-18-15-19-23-38)65-51-29-27-47-53(54(51)64-57(65)45-35-42(59(4,5)6)36-48(55(45)66)60(7,8)9)52-44-32-40(24-26-46(44)61(10,11)56(52)62(47,12)13)49-33-39(30-31-63-49)37-20-16-14-17-21-37;/h14-31,33-36,66H,1-13H3;/q-1;. The minimum Gasteiger partial charge on any atom is -0.507 e. The number of hydrogen-bond acceptors (Lipinski definition) is 3. The molecular weight excluding hydrogens is 998 g/mol. The summed E-state index contributed by atoms with van der Waals surface area (Å²) >= 11 is 0. The monoisotopic (exact) mass is 1060 g/mol. The Kier molecular flexibility index (Phi) is 11.0. The largest absolute Gasteiger partial charge is 0.507 e. The zero-order valence-electron chi connectivity index (χ0n) is 41.3. The molecule has 0 fully saturated rings. The van der Waals surface area contributed by atoms with Crippen LogP contribution in [0.5, 0.6) is 5.75 Å². The topological polar surface area (TPSA) is 50.9 Å². The van der Waals surface area contributed by atoms with Crippen LogP contribution in [0.25, 0.3) is 67.2 Å². The molecule has 2 aliphatic carbocycles. The van der Waals surface area contributed by atoms with E-state index in [-0.39, 0.29) is 53.9 Å². The summed E-state index contributed by atoms with van der Waals surface area (Å²) in [6.45, 7) is 29.6. The molecule has 2 heterocycles. The van der Waals surface area contributed by atoms with Gasteiger partial charge in [-0.05, 0) is 90.9 Å². The van der Waals surface area contributed by atoms with Gasteiger partial charge in [0.2, 0.25) is 0 Å². The van der Waals surface area contributed by atoms with Gasteiger partial charge < -0.3 is 5.11 Å². The minimum absolute atomic E-state index is 0. The second-order valence-electron chi connectivity index (χ2n) is 22.9. The van der Waals surface area contributed by atoms with E-state index in [2.05, 4.69) is 228 Å². The van der Waals surface area contributed by atoms with Gasteiger partial charge in [0.1, 0.15) is 11.6 Å². The summed E-state index contributed by atoms with van der Waals surface area (Å²) in [5.74, 6) is 0.990. The van der Waals surface area contributed by atoms with Gasteiger partial charge in [-0.2, -0.15) is 0 Å². The van der Waals surface area contributed by atoms with E-state index in [0.29, 0.717) is 0 Å². The molecule has 2 aromatic heterocycles. The summed E-state index contributed by atoms with van der Waals surface area (Å²) in [5, 5.41) is 12.7. The Morgan fingerprint density at radius 1 is 0.582 bits per heavy atom. The quantitative estimate of drug-likeness (QED) is 0.175. The number of benzene rings is 6. The number of phenols is 1. The molecule has 0 saturated heterocycles. The van der Waals surface area contributed by atoms with E-state index in [4.69, 9.17) is 9.97 Å². The first-order chi connectivity index (χ1) is 31.1. The first kappa shape index (κ1) is 46.3. The van der Waals surface area contributed by atoms with Crippen molar-refractivity contribution in [3.05, 3.63) is 184 Å². The van der Waals surface area contributed by atoms with Crippen LogP contribution in [0.1, 0.15) is 129 Å². The molecule has 0 radical (unpaired) electrons. The molecule has 1 N–H and O–H groups in total. The molecule has 0 unspecified atom stereocenters. The Labute approximate surface area is 412 Å². The maximum Gasteiger partial charge on any atom is 0.149 e. The number of aromatic hydroxyl groups is 1. The summed E-state index contributed by atoms with van der Waals surface area (Å²) in [6, 6.07) is 49.9. The third-order valence-electron chi connectivity index (χ3n) is 14.5. The molecule has 67 heavy (non-hydrogen) atoms. The van der Waals surface area contributed by atoms with Crippen molar-refractivity contribution < 1.29 is 26.2 Å². The van der Waals surface area contributed by atoms with Gasteiger partial charge in [-0.3, -0.25) is 9.55 Å². The number of rotatable bonds is 5. The van der Waals surface area contributed by atoms with Crippen molar-refractivity contribution in [1.29, 1.82) is 0 Å². The van der Waals surface area contributed by atoms with Crippen LogP contribution in [0, 0.1) is 6.07 Å². The Morgan fingerprint density at radius 2 is 1.19 bits per heavy atom. The van der Waals surface area contributed by atoms with Crippen LogP contribution in [-0.4, -0.2) is 19.6 Å². The van der Waals surface area contributed by atoms with Crippen LogP contribution >= 0.6 is 0 Å². The molecule has 4 nitrogen and oxygen atoms in total. The zero-order valence-corrected chi connectivity index (χ0v) is 43.6. The third kappa shape index (κ3) is 7.46. The van der Waals surface area contributed by atoms with Crippen molar-refractivity contribution in [2.45, 2.75) is 117 Å². The van der Waals surface area contributed by atoms with Crippen LogP contribution < -0.4 is 0 Å². The summed E-state index contributed by atoms with van der Waals surface area (Å²) in [4.78, 5) is 10.8. The molecule has 5 heteroatoms. The van der Waals surface area contributed by atoms with Gasteiger partial charge >= 0.3 is 0 Å². The van der Waals surface area contributed by atoms with E-state index in [1.807, 2.05) is 6.20 Å². The number of imidazole rings is 1. The molecule has 0 spiro atoms. The second kappa shape index (κ2) is 15.9. The van der Waals surface area contributed by atoms with Crippen LogP contribution in [0.2, 0.25) is 0 Å². The fourth-order valence-corrected chi connectivity index (χ4v) is 11.0. The van der Waals surface area contributed by atoms with Crippen molar-refractivity contribution in [3.63, 3.8) is 0 Å². The van der Waals surface area contributed by atoms with Crippen LogP contribution in [0.4, 0.5) is 0 Å². The molecule has 0 atom stereocenters. The third-order valence-corrected chi connectivity index (χ3v) is 14.5. The number of phenolic OH excluding ortho intramolecular Hbond substituents is 1.